The van der Waals surface area contributed by atoms with Crippen LogP contribution >= 0.6 is 11.8 Å². The van der Waals surface area contributed by atoms with Gasteiger partial charge in [-0.1, -0.05) is 13.8 Å². The maximum Gasteiger partial charge on any atom is 0.333 e. The van der Waals surface area contributed by atoms with Gasteiger partial charge in [0.2, 0.25) is 0 Å². The number of hydrogen-bond acceptors (Lipinski definition) is 10. The van der Waals surface area contributed by atoms with Gasteiger partial charge in [0.05, 0.1) is 0 Å². The Morgan fingerprint density at radius 3 is 2.28 bits per heavy atom. The lowest BCUT2D eigenvalue weighted by Crippen LogP contribution is -2.52. The molecule has 180 valence electrons. The molecule has 0 spiro atoms. The highest BCUT2D eigenvalue weighted by atomic mass is 32.2. The largest absolute Gasteiger partial charge is 0.463 e. The van der Waals surface area contributed by atoms with Crippen LogP contribution < -0.4 is 0 Å². The number of carbonyl (C=O) groups is 5. The third-order valence-corrected chi connectivity index (χ3v) is 6.85. The van der Waals surface area contributed by atoms with Gasteiger partial charge in [0, 0.05) is 39.0 Å². The van der Waals surface area contributed by atoms with Gasteiger partial charge in [0.25, 0.3) is 11.8 Å². The van der Waals surface area contributed by atoms with E-state index in [2.05, 4.69) is 0 Å². The molecule has 0 radical (unpaired) electrons. The Bertz CT molecular complexity index is 712. The standard InChI is InChI=1S/C21H31NO9S/c1-12-13(2)21(30-16(11-28-14(3)23)20(12)29-15(4)24)32-10-6-5-7-19(27)31-22-17(25)8-9-18(22)26/h12-13,16,20-21H,5-11H2,1-4H3/t12-,13?,16?,20-,21-/m1/s1. The second-order valence-electron chi connectivity index (χ2n) is 8.01. The molecule has 2 heterocycles. The van der Waals surface area contributed by atoms with Gasteiger partial charge >= 0.3 is 17.9 Å². The molecule has 2 rings (SSSR count). The van der Waals surface area contributed by atoms with Crippen LogP contribution in [0.25, 0.3) is 0 Å². The SMILES string of the molecule is CC(=O)OCC1O[C@H](SCCCCC(=O)ON2C(=O)CCC2=O)C(C)[C@@H](C)[C@H]1OC(C)=O. The summed E-state index contributed by atoms with van der Waals surface area (Å²) in [6, 6.07) is 0. The molecule has 0 aromatic rings. The highest BCUT2D eigenvalue weighted by molar-refractivity contribution is 7.99. The number of ether oxygens (including phenoxy) is 3. The molecule has 2 aliphatic rings. The van der Waals surface area contributed by atoms with E-state index in [-0.39, 0.29) is 43.1 Å². The van der Waals surface area contributed by atoms with Crippen molar-refractivity contribution in [2.24, 2.45) is 11.8 Å². The van der Waals surface area contributed by atoms with E-state index in [1.807, 2.05) is 13.8 Å². The number of rotatable bonds is 10. The number of hydrogen-bond donors (Lipinski definition) is 0. The van der Waals surface area contributed by atoms with Crippen LogP contribution in [0.3, 0.4) is 0 Å². The van der Waals surface area contributed by atoms with E-state index in [0.717, 1.165) is 0 Å². The molecule has 2 amide bonds. The smallest absolute Gasteiger partial charge is 0.333 e. The zero-order valence-electron chi connectivity index (χ0n) is 18.9. The molecule has 2 fully saturated rings. The topological polar surface area (TPSA) is 126 Å². The van der Waals surface area contributed by atoms with E-state index < -0.39 is 41.9 Å². The predicted octanol–water partition coefficient (Wildman–Crippen LogP) is 1.99. The van der Waals surface area contributed by atoms with Gasteiger partial charge < -0.3 is 19.0 Å². The van der Waals surface area contributed by atoms with Crippen molar-refractivity contribution >= 4 is 41.5 Å². The summed E-state index contributed by atoms with van der Waals surface area (Å²) in [4.78, 5) is 62.4. The van der Waals surface area contributed by atoms with Crippen molar-refractivity contribution in [3.63, 3.8) is 0 Å². The highest BCUT2D eigenvalue weighted by Gasteiger charge is 2.44. The Hall–Kier alpha value is -2.14. The van der Waals surface area contributed by atoms with E-state index in [9.17, 15) is 24.0 Å². The van der Waals surface area contributed by atoms with Crippen molar-refractivity contribution in [1.29, 1.82) is 0 Å². The van der Waals surface area contributed by atoms with Gasteiger partial charge in [-0.15, -0.1) is 16.8 Å². The number of amides is 2. The summed E-state index contributed by atoms with van der Waals surface area (Å²) in [5.41, 5.74) is -0.191. The molecule has 2 unspecified atom stereocenters. The zero-order valence-corrected chi connectivity index (χ0v) is 19.7. The Morgan fingerprint density at radius 1 is 1.03 bits per heavy atom. The summed E-state index contributed by atoms with van der Waals surface area (Å²) in [6.07, 6.45) is 0.394. The molecule has 0 N–H and O–H groups in total. The third kappa shape index (κ3) is 7.47. The van der Waals surface area contributed by atoms with Gasteiger partial charge in [-0.2, -0.15) is 0 Å². The van der Waals surface area contributed by atoms with E-state index in [0.29, 0.717) is 23.7 Å². The molecular weight excluding hydrogens is 442 g/mol. The number of hydroxylamine groups is 2. The van der Waals surface area contributed by atoms with Crippen molar-refractivity contribution < 1.29 is 43.0 Å². The van der Waals surface area contributed by atoms with Gasteiger partial charge in [-0.3, -0.25) is 19.2 Å². The van der Waals surface area contributed by atoms with E-state index in [1.165, 1.54) is 13.8 Å². The molecule has 0 aromatic carbocycles. The molecule has 11 heteroatoms. The number of unbranched alkanes of at least 4 members (excludes halogenated alkanes) is 1. The maximum atomic E-state index is 11.9. The monoisotopic (exact) mass is 473 g/mol. The first-order valence-electron chi connectivity index (χ1n) is 10.7. The lowest BCUT2D eigenvalue weighted by atomic mass is 9.85. The summed E-state index contributed by atoms with van der Waals surface area (Å²) in [6.45, 7) is 6.64. The number of thioether (sulfide) groups is 1. The molecule has 32 heavy (non-hydrogen) atoms. The molecule has 5 atom stereocenters. The average molecular weight is 474 g/mol. The van der Waals surface area contributed by atoms with E-state index in [1.54, 1.807) is 11.8 Å². The van der Waals surface area contributed by atoms with Crippen molar-refractivity contribution in [2.75, 3.05) is 12.4 Å². The van der Waals surface area contributed by atoms with Crippen LogP contribution in [0.5, 0.6) is 0 Å². The predicted molar refractivity (Wildman–Crippen MR) is 113 cm³/mol. The fraction of sp³-hybridized carbons (Fsp3) is 0.762. The van der Waals surface area contributed by atoms with Crippen LogP contribution in [0.4, 0.5) is 0 Å². The summed E-state index contributed by atoms with van der Waals surface area (Å²) < 4.78 is 16.6. The number of carbonyl (C=O) groups excluding carboxylic acids is 5. The summed E-state index contributed by atoms with van der Waals surface area (Å²) >= 11 is 1.58. The minimum Gasteiger partial charge on any atom is -0.463 e. The lowest BCUT2D eigenvalue weighted by molar-refractivity contribution is -0.197. The first-order chi connectivity index (χ1) is 15.1. The van der Waals surface area contributed by atoms with Gasteiger partial charge in [-0.05, 0) is 24.5 Å². The third-order valence-electron chi connectivity index (χ3n) is 5.46. The average Bonchev–Trinajstić information content (AvgIpc) is 3.03. The minimum atomic E-state index is -0.611. The second-order valence-corrected chi connectivity index (χ2v) is 9.22. The van der Waals surface area contributed by atoms with Gasteiger partial charge in [-0.25, -0.2) is 4.79 Å². The van der Waals surface area contributed by atoms with Gasteiger partial charge in [0.1, 0.15) is 24.3 Å². The Morgan fingerprint density at radius 2 is 1.69 bits per heavy atom. The number of esters is 2. The molecule has 0 aromatic heterocycles. The Balaban J connectivity index is 1.78. The molecule has 10 nitrogen and oxygen atoms in total. The van der Waals surface area contributed by atoms with Crippen LogP contribution in [0, 0.1) is 11.8 Å². The van der Waals surface area contributed by atoms with Crippen molar-refractivity contribution in [1.82, 2.24) is 5.06 Å². The summed E-state index contributed by atoms with van der Waals surface area (Å²) in [5.74, 6) is -1.67. The molecular formula is C21H31NO9S. The zero-order chi connectivity index (χ0) is 23.8. The summed E-state index contributed by atoms with van der Waals surface area (Å²) in [5, 5.41) is 0.554. The molecule has 0 saturated carbocycles. The van der Waals surface area contributed by atoms with E-state index >= 15 is 0 Å². The van der Waals surface area contributed by atoms with Crippen LogP contribution in [0.1, 0.15) is 59.8 Å². The first-order valence-corrected chi connectivity index (χ1v) is 11.8. The van der Waals surface area contributed by atoms with Crippen molar-refractivity contribution in [2.45, 2.75) is 77.4 Å². The van der Waals surface area contributed by atoms with Gasteiger partial charge in [0.15, 0.2) is 0 Å². The molecule has 0 bridgehead atoms. The highest BCUT2D eigenvalue weighted by Crippen LogP contribution is 2.38. The number of nitrogens with zero attached hydrogens (tertiary/aromatic N) is 1. The van der Waals surface area contributed by atoms with Crippen molar-refractivity contribution in [3.8, 4) is 0 Å². The molecule has 2 saturated heterocycles. The van der Waals surface area contributed by atoms with Crippen LogP contribution in [-0.2, 0) is 43.0 Å². The van der Waals surface area contributed by atoms with E-state index in [4.69, 9.17) is 19.0 Å². The minimum absolute atomic E-state index is 0.00117. The lowest BCUT2D eigenvalue weighted by Gasteiger charge is -2.43. The quantitative estimate of drug-likeness (QED) is 0.264. The Kier molecular flexibility index (Phi) is 9.95. The first kappa shape index (κ1) is 26.1. The van der Waals surface area contributed by atoms with Crippen molar-refractivity contribution in [3.05, 3.63) is 0 Å². The van der Waals surface area contributed by atoms with Crippen LogP contribution in [-0.4, -0.2) is 64.8 Å². The normalized spacial score (nSPS) is 27.9. The second kappa shape index (κ2) is 12.2. The molecule has 0 aliphatic carbocycles. The summed E-state index contributed by atoms with van der Waals surface area (Å²) in [7, 11) is 0. The fourth-order valence-electron chi connectivity index (χ4n) is 3.53. The van der Waals surface area contributed by atoms with Crippen LogP contribution in [0.2, 0.25) is 0 Å². The Labute approximate surface area is 191 Å². The number of imide groups is 1. The molecule has 2 aliphatic heterocycles. The van der Waals surface area contributed by atoms with Crippen LogP contribution in [0.15, 0.2) is 0 Å². The fourth-order valence-corrected chi connectivity index (χ4v) is 4.91. The maximum absolute atomic E-state index is 11.9.